The summed E-state index contributed by atoms with van der Waals surface area (Å²) in [5, 5.41) is 12.1. The maximum absolute atomic E-state index is 8.86. The molecule has 3 N–H and O–H groups in total. The number of anilines is 2. The van der Waals surface area contributed by atoms with Crippen molar-refractivity contribution in [1.82, 2.24) is 0 Å². The zero-order chi connectivity index (χ0) is 13.7. The average molecular weight is 253 g/mol. The van der Waals surface area contributed by atoms with Crippen molar-refractivity contribution < 1.29 is 4.74 Å². The molecule has 0 atom stereocenters. The molecule has 0 unspecified atom stereocenters. The number of hydrogen-bond donors (Lipinski definition) is 2. The molecule has 4 nitrogen and oxygen atoms in total. The van der Waals surface area contributed by atoms with Crippen LogP contribution in [-0.2, 0) is 6.54 Å². The van der Waals surface area contributed by atoms with Gasteiger partial charge in [-0.05, 0) is 35.9 Å². The van der Waals surface area contributed by atoms with Crippen LogP contribution in [0.5, 0.6) is 5.75 Å². The second-order valence-electron chi connectivity index (χ2n) is 4.12. The van der Waals surface area contributed by atoms with E-state index in [4.69, 9.17) is 15.7 Å². The van der Waals surface area contributed by atoms with E-state index in [9.17, 15) is 0 Å². The van der Waals surface area contributed by atoms with Crippen LogP contribution < -0.4 is 15.8 Å². The summed E-state index contributed by atoms with van der Waals surface area (Å²) in [5.74, 6) is 0.828. The van der Waals surface area contributed by atoms with Crippen LogP contribution in [0.15, 0.2) is 42.5 Å². The fourth-order valence-electron chi connectivity index (χ4n) is 1.72. The van der Waals surface area contributed by atoms with Gasteiger partial charge in [-0.3, -0.25) is 0 Å². The largest absolute Gasteiger partial charge is 0.497 e. The lowest BCUT2D eigenvalue weighted by Crippen LogP contribution is -2.02. The van der Waals surface area contributed by atoms with Crippen LogP contribution in [0.1, 0.15) is 11.1 Å². The van der Waals surface area contributed by atoms with E-state index in [1.165, 1.54) is 0 Å². The minimum atomic E-state index is 0.589. The Morgan fingerprint density at radius 2 is 1.95 bits per heavy atom. The number of benzene rings is 2. The molecular formula is C15H15N3O. The highest BCUT2D eigenvalue weighted by atomic mass is 16.5. The van der Waals surface area contributed by atoms with E-state index in [0.29, 0.717) is 17.8 Å². The molecule has 19 heavy (non-hydrogen) atoms. The zero-order valence-electron chi connectivity index (χ0n) is 10.7. The Bertz CT molecular complexity index is 600. The normalized spacial score (nSPS) is 9.68. The van der Waals surface area contributed by atoms with Crippen molar-refractivity contribution in [3.63, 3.8) is 0 Å². The first-order chi connectivity index (χ1) is 9.22. The number of nitrogens with one attached hydrogen (secondary N) is 1. The molecule has 0 saturated heterocycles. The van der Waals surface area contributed by atoms with Gasteiger partial charge in [-0.25, -0.2) is 0 Å². The average Bonchev–Trinajstić information content (AvgIpc) is 2.47. The molecule has 0 fully saturated rings. The molecule has 0 spiro atoms. The van der Waals surface area contributed by atoms with E-state index < -0.39 is 0 Å². The smallest absolute Gasteiger partial charge is 0.118 e. The Kier molecular flexibility index (Phi) is 3.89. The molecule has 0 aromatic heterocycles. The molecule has 0 radical (unpaired) electrons. The van der Waals surface area contributed by atoms with Crippen molar-refractivity contribution in [3.8, 4) is 11.8 Å². The van der Waals surface area contributed by atoms with Crippen LogP contribution in [0.3, 0.4) is 0 Å². The Balaban J connectivity index is 2.07. The van der Waals surface area contributed by atoms with Gasteiger partial charge in [0.1, 0.15) is 5.75 Å². The third kappa shape index (κ3) is 3.17. The van der Waals surface area contributed by atoms with Gasteiger partial charge in [0.05, 0.1) is 30.1 Å². The summed E-state index contributed by atoms with van der Waals surface area (Å²) < 4.78 is 5.10. The molecular weight excluding hydrogens is 238 g/mol. The van der Waals surface area contributed by atoms with Gasteiger partial charge in [-0.15, -0.1) is 0 Å². The van der Waals surface area contributed by atoms with Crippen LogP contribution in [-0.4, -0.2) is 7.11 Å². The van der Waals surface area contributed by atoms with Crippen LogP contribution in [0.4, 0.5) is 11.4 Å². The van der Waals surface area contributed by atoms with E-state index in [1.807, 2.05) is 24.3 Å². The highest BCUT2D eigenvalue weighted by Gasteiger charge is 2.01. The molecule has 96 valence electrons. The van der Waals surface area contributed by atoms with Crippen molar-refractivity contribution in [2.75, 3.05) is 18.2 Å². The Morgan fingerprint density at radius 1 is 1.21 bits per heavy atom. The lowest BCUT2D eigenvalue weighted by molar-refractivity contribution is 0.414. The predicted octanol–water partition coefficient (Wildman–Crippen LogP) is 2.76. The van der Waals surface area contributed by atoms with Crippen molar-refractivity contribution in [2.45, 2.75) is 6.54 Å². The molecule has 0 saturated carbocycles. The first-order valence-corrected chi connectivity index (χ1v) is 5.89. The van der Waals surface area contributed by atoms with E-state index in [1.54, 1.807) is 25.3 Å². The SMILES string of the molecule is COc1ccc(CNc2cc(C#N)ccc2N)cc1. The first kappa shape index (κ1) is 12.8. The van der Waals surface area contributed by atoms with Gasteiger partial charge in [0.2, 0.25) is 0 Å². The number of hydrogen-bond acceptors (Lipinski definition) is 4. The standard InChI is InChI=1S/C15H15N3O/c1-19-13-5-2-11(3-6-13)10-18-15-8-12(9-16)4-7-14(15)17/h2-8,18H,10,17H2,1H3. The molecule has 0 aliphatic heterocycles. The van der Waals surface area contributed by atoms with Gasteiger partial charge < -0.3 is 15.8 Å². The minimum absolute atomic E-state index is 0.589. The van der Waals surface area contributed by atoms with Crippen molar-refractivity contribution in [1.29, 1.82) is 5.26 Å². The van der Waals surface area contributed by atoms with Crippen molar-refractivity contribution in [2.24, 2.45) is 0 Å². The summed E-state index contributed by atoms with van der Waals surface area (Å²) in [6.45, 7) is 0.642. The molecule has 0 aliphatic carbocycles. The summed E-state index contributed by atoms with van der Waals surface area (Å²) in [6.07, 6.45) is 0. The van der Waals surface area contributed by atoms with E-state index in [0.717, 1.165) is 17.0 Å². The second kappa shape index (κ2) is 5.78. The fraction of sp³-hybridized carbons (Fsp3) is 0.133. The van der Waals surface area contributed by atoms with Crippen molar-refractivity contribution in [3.05, 3.63) is 53.6 Å². The van der Waals surface area contributed by atoms with Gasteiger partial charge in [-0.1, -0.05) is 12.1 Å². The fourth-order valence-corrected chi connectivity index (χ4v) is 1.72. The van der Waals surface area contributed by atoms with E-state index in [2.05, 4.69) is 11.4 Å². The lowest BCUT2D eigenvalue weighted by Gasteiger charge is -2.10. The molecule has 0 heterocycles. The Morgan fingerprint density at radius 3 is 2.58 bits per heavy atom. The summed E-state index contributed by atoms with van der Waals surface area (Å²) in [6, 6.07) is 15.1. The van der Waals surface area contributed by atoms with Crippen LogP contribution in [0.2, 0.25) is 0 Å². The zero-order valence-corrected chi connectivity index (χ0v) is 10.7. The Hall–Kier alpha value is -2.67. The van der Waals surface area contributed by atoms with Gasteiger partial charge in [-0.2, -0.15) is 5.26 Å². The molecule has 4 heteroatoms. The first-order valence-electron chi connectivity index (χ1n) is 5.89. The summed E-state index contributed by atoms with van der Waals surface area (Å²) in [7, 11) is 1.64. The van der Waals surface area contributed by atoms with Gasteiger partial charge in [0.15, 0.2) is 0 Å². The Labute approximate surface area is 112 Å². The summed E-state index contributed by atoms with van der Waals surface area (Å²) in [5.41, 5.74) is 8.97. The molecule has 0 aliphatic rings. The minimum Gasteiger partial charge on any atom is -0.497 e. The van der Waals surface area contributed by atoms with E-state index >= 15 is 0 Å². The number of methoxy groups -OCH3 is 1. The number of ether oxygens (including phenoxy) is 1. The number of nitrogens with two attached hydrogens (primary N) is 1. The number of nitriles is 1. The molecule has 0 bridgehead atoms. The van der Waals surface area contributed by atoms with Crippen LogP contribution in [0.25, 0.3) is 0 Å². The van der Waals surface area contributed by atoms with Crippen LogP contribution in [0, 0.1) is 11.3 Å². The quantitative estimate of drug-likeness (QED) is 0.822. The maximum Gasteiger partial charge on any atom is 0.118 e. The monoisotopic (exact) mass is 253 g/mol. The van der Waals surface area contributed by atoms with Crippen LogP contribution >= 0.6 is 0 Å². The number of nitrogens with zero attached hydrogens (tertiary/aromatic N) is 1. The third-order valence-corrected chi connectivity index (χ3v) is 2.82. The highest BCUT2D eigenvalue weighted by molar-refractivity contribution is 5.68. The highest BCUT2D eigenvalue weighted by Crippen LogP contribution is 2.21. The molecule has 0 amide bonds. The summed E-state index contributed by atoms with van der Waals surface area (Å²) in [4.78, 5) is 0. The second-order valence-corrected chi connectivity index (χ2v) is 4.12. The molecule has 2 aromatic rings. The van der Waals surface area contributed by atoms with E-state index in [-0.39, 0.29) is 0 Å². The molecule has 2 rings (SSSR count). The van der Waals surface area contributed by atoms with Crippen molar-refractivity contribution >= 4 is 11.4 Å². The number of nitrogen functional groups attached to an aromatic ring is 1. The number of rotatable bonds is 4. The maximum atomic E-state index is 8.86. The van der Waals surface area contributed by atoms with Gasteiger partial charge in [0, 0.05) is 6.54 Å². The van der Waals surface area contributed by atoms with Gasteiger partial charge in [0.25, 0.3) is 0 Å². The topological polar surface area (TPSA) is 71.1 Å². The molecule has 2 aromatic carbocycles. The lowest BCUT2D eigenvalue weighted by atomic mass is 10.1. The predicted molar refractivity (Wildman–Crippen MR) is 75.9 cm³/mol. The third-order valence-electron chi connectivity index (χ3n) is 2.82. The summed E-state index contributed by atoms with van der Waals surface area (Å²) >= 11 is 0. The van der Waals surface area contributed by atoms with Gasteiger partial charge >= 0.3 is 0 Å².